The highest BCUT2D eigenvalue weighted by Gasteiger charge is 2.08. The van der Waals surface area contributed by atoms with Crippen LogP contribution in [0.5, 0.6) is 5.75 Å². The highest BCUT2D eigenvalue weighted by molar-refractivity contribution is 7.98. The van der Waals surface area contributed by atoms with Crippen molar-refractivity contribution in [2.24, 2.45) is 4.99 Å². The molecule has 2 aromatic carbocycles. The number of ether oxygens (including phenoxy) is 1. The number of hydrogen-bond donors (Lipinski definition) is 0. The fourth-order valence-electron chi connectivity index (χ4n) is 2.60. The normalized spacial score (nSPS) is 11.8. The van der Waals surface area contributed by atoms with Crippen molar-refractivity contribution < 1.29 is 9.53 Å². The molecule has 136 valence electrons. The van der Waals surface area contributed by atoms with Gasteiger partial charge in [-0.1, -0.05) is 35.6 Å². The Morgan fingerprint density at radius 1 is 1.23 bits per heavy atom. The van der Waals surface area contributed by atoms with Crippen LogP contribution in [0.1, 0.15) is 12.0 Å². The third-order valence-electron chi connectivity index (χ3n) is 3.91. The summed E-state index contributed by atoms with van der Waals surface area (Å²) < 4.78 is 8.91. The molecule has 4 nitrogen and oxygen atoms in total. The maximum absolute atomic E-state index is 12.3. The third-order valence-corrected chi connectivity index (χ3v) is 5.54. The van der Waals surface area contributed by atoms with Gasteiger partial charge < -0.3 is 9.30 Å². The van der Waals surface area contributed by atoms with Crippen LogP contribution in [0.2, 0.25) is 0 Å². The van der Waals surface area contributed by atoms with Crippen LogP contribution in [0.3, 0.4) is 0 Å². The Morgan fingerprint density at radius 3 is 2.81 bits per heavy atom. The molecule has 3 aromatic rings. The van der Waals surface area contributed by atoms with Crippen LogP contribution in [-0.2, 0) is 11.3 Å². The number of hydrogen-bond acceptors (Lipinski definition) is 4. The van der Waals surface area contributed by atoms with Gasteiger partial charge >= 0.3 is 0 Å². The lowest BCUT2D eigenvalue weighted by Gasteiger charge is -2.05. The van der Waals surface area contributed by atoms with Crippen LogP contribution in [-0.4, -0.2) is 29.1 Å². The Labute approximate surface area is 161 Å². The zero-order chi connectivity index (χ0) is 18.4. The number of amides is 1. The number of carbonyl (C=O) groups is 1. The lowest BCUT2D eigenvalue weighted by molar-refractivity contribution is -0.118. The summed E-state index contributed by atoms with van der Waals surface area (Å²) in [6, 6.07) is 15.9. The molecule has 1 amide bonds. The molecule has 6 heteroatoms. The molecule has 0 radical (unpaired) electrons. The number of thioether (sulfide) groups is 1. The van der Waals surface area contributed by atoms with E-state index < -0.39 is 0 Å². The number of fused-ring (bicyclic) bond motifs is 1. The predicted octanol–water partition coefficient (Wildman–Crippen LogP) is 4.27. The summed E-state index contributed by atoms with van der Waals surface area (Å²) in [5.74, 6) is 1.60. The van der Waals surface area contributed by atoms with E-state index in [-0.39, 0.29) is 12.3 Å². The molecule has 26 heavy (non-hydrogen) atoms. The van der Waals surface area contributed by atoms with Crippen molar-refractivity contribution in [1.82, 2.24) is 4.57 Å². The number of nitrogens with zero attached hydrogens (tertiary/aromatic N) is 2. The zero-order valence-electron chi connectivity index (χ0n) is 15.0. The van der Waals surface area contributed by atoms with Crippen molar-refractivity contribution in [3.05, 3.63) is 58.9 Å². The van der Waals surface area contributed by atoms with E-state index in [2.05, 4.69) is 40.9 Å². The molecule has 0 saturated heterocycles. The van der Waals surface area contributed by atoms with Gasteiger partial charge in [0.2, 0.25) is 0 Å². The van der Waals surface area contributed by atoms with Crippen LogP contribution < -0.4 is 9.54 Å². The molecule has 1 heterocycles. The Morgan fingerprint density at radius 2 is 2.04 bits per heavy atom. The predicted molar refractivity (Wildman–Crippen MR) is 110 cm³/mol. The van der Waals surface area contributed by atoms with Gasteiger partial charge in [-0.15, -0.1) is 0 Å². The average Bonchev–Trinajstić information content (AvgIpc) is 2.96. The minimum Gasteiger partial charge on any atom is -0.493 e. The number of thiazole rings is 1. The van der Waals surface area contributed by atoms with E-state index in [4.69, 9.17) is 4.74 Å². The summed E-state index contributed by atoms with van der Waals surface area (Å²) in [6.07, 6.45) is 2.35. The zero-order valence-corrected chi connectivity index (χ0v) is 16.6. The van der Waals surface area contributed by atoms with Gasteiger partial charge in [-0.25, -0.2) is 0 Å². The molecule has 0 N–H and O–H groups in total. The Hall–Kier alpha value is -2.05. The number of benzene rings is 2. The lowest BCUT2D eigenvalue weighted by atomic mass is 10.2. The molecule has 0 saturated carbocycles. The van der Waals surface area contributed by atoms with Gasteiger partial charge in [0, 0.05) is 12.3 Å². The van der Waals surface area contributed by atoms with Gasteiger partial charge in [0.05, 0.1) is 23.2 Å². The highest BCUT2D eigenvalue weighted by atomic mass is 32.2. The molecule has 0 aliphatic carbocycles. The fraction of sp³-hybridized carbons (Fsp3) is 0.300. The molecule has 0 aliphatic heterocycles. The third kappa shape index (κ3) is 4.77. The van der Waals surface area contributed by atoms with Gasteiger partial charge in [-0.2, -0.15) is 16.8 Å². The van der Waals surface area contributed by atoms with E-state index in [9.17, 15) is 4.79 Å². The van der Waals surface area contributed by atoms with Gasteiger partial charge in [-0.3, -0.25) is 4.79 Å². The summed E-state index contributed by atoms with van der Waals surface area (Å²) in [7, 11) is 0. The van der Waals surface area contributed by atoms with Gasteiger partial charge in [-0.05, 0) is 43.0 Å². The summed E-state index contributed by atoms with van der Waals surface area (Å²) in [5.41, 5.74) is 2.35. The van der Waals surface area contributed by atoms with E-state index in [1.165, 1.54) is 5.56 Å². The lowest BCUT2D eigenvalue weighted by Crippen LogP contribution is -2.18. The van der Waals surface area contributed by atoms with E-state index in [1.54, 1.807) is 23.1 Å². The fourth-order valence-corrected chi connectivity index (χ4v) is 4.14. The van der Waals surface area contributed by atoms with Crippen molar-refractivity contribution in [3.63, 3.8) is 0 Å². The maximum atomic E-state index is 12.3. The summed E-state index contributed by atoms with van der Waals surface area (Å²) in [6.45, 7) is 3.26. The van der Waals surface area contributed by atoms with Crippen molar-refractivity contribution >= 4 is 39.2 Å². The first-order valence-electron chi connectivity index (χ1n) is 8.52. The van der Waals surface area contributed by atoms with Crippen LogP contribution in [0.25, 0.3) is 10.2 Å². The Kier molecular flexibility index (Phi) is 6.52. The monoisotopic (exact) mass is 386 g/mol. The van der Waals surface area contributed by atoms with Crippen molar-refractivity contribution in [1.29, 1.82) is 0 Å². The second-order valence-electron chi connectivity index (χ2n) is 5.92. The Balaban J connectivity index is 1.77. The topological polar surface area (TPSA) is 43.6 Å². The number of carbonyl (C=O) groups excluding carboxylic acids is 1. The molecule has 0 atom stereocenters. The first-order valence-corrected chi connectivity index (χ1v) is 10.7. The molecule has 3 rings (SSSR count). The summed E-state index contributed by atoms with van der Waals surface area (Å²) in [4.78, 5) is 17.4. The smallest absolute Gasteiger partial charge is 0.251 e. The molecular formula is C20H22N2O2S2. The summed E-state index contributed by atoms with van der Waals surface area (Å²) in [5, 5.41) is 0. The maximum Gasteiger partial charge on any atom is 0.251 e. The van der Waals surface area contributed by atoms with Gasteiger partial charge in [0.25, 0.3) is 5.91 Å². The van der Waals surface area contributed by atoms with Crippen LogP contribution in [0.4, 0.5) is 0 Å². The molecule has 0 fully saturated rings. The Bertz CT molecular complexity index is 945. The number of rotatable bonds is 7. The largest absolute Gasteiger partial charge is 0.493 e. The molecule has 1 aromatic heterocycles. The molecule has 0 unspecified atom stereocenters. The van der Waals surface area contributed by atoms with E-state index in [0.717, 1.165) is 33.1 Å². The van der Waals surface area contributed by atoms with E-state index in [1.807, 2.05) is 30.3 Å². The SMILES string of the molecule is CSCCn1c(=NC(=O)CCOc2ccccc2)sc2cc(C)ccc21. The number of aryl methyl sites for hydroxylation is 2. The summed E-state index contributed by atoms with van der Waals surface area (Å²) >= 11 is 3.36. The van der Waals surface area contributed by atoms with Gasteiger partial charge in [0.15, 0.2) is 4.80 Å². The van der Waals surface area contributed by atoms with Crippen LogP contribution >= 0.6 is 23.1 Å². The first kappa shape index (κ1) is 18.7. The number of para-hydroxylation sites is 1. The average molecular weight is 387 g/mol. The molecule has 0 aliphatic rings. The van der Waals surface area contributed by atoms with Crippen LogP contribution in [0, 0.1) is 6.92 Å². The minimum absolute atomic E-state index is 0.151. The first-order chi connectivity index (χ1) is 12.7. The molecule has 0 spiro atoms. The molecule has 0 bridgehead atoms. The second-order valence-corrected chi connectivity index (χ2v) is 7.91. The minimum atomic E-state index is -0.151. The second kappa shape index (κ2) is 9.05. The van der Waals surface area contributed by atoms with Crippen LogP contribution in [0.15, 0.2) is 53.5 Å². The standard InChI is InChI=1S/C20H22N2O2S2/c1-15-8-9-17-18(14-15)26-20(22(17)11-13-25-2)21-19(23)10-12-24-16-6-4-3-5-7-16/h3-9,14H,10-13H2,1-2H3. The van der Waals surface area contributed by atoms with Crippen molar-refractivity contribution in [2.75, 3.05) is 18.6 Å². The van der Waals surface area contributed by atoms with E-state index >= 15 is 0 Å². The molecular weight excluding hydrogens is 364 g/mol. The van der Waals surface area contributed by atoms with Crippen molar-refractivity contribution in [3.8, 4) is 5.75 Å². The quantitative estimate of drug-likeness (QED) is 0.609. The van der Waals surface area contributed by atoms with E-state index in [0.29, 0.717) is 6.61 Å². The highest BCUT2D eigenvalue weighted by Crippen LogP contribution is 2.19. The van der Waals surface area contributed by atoms with Gasteiger partial charge in [0.1, 0.15) is 5.75 Å². The van der Waals surface area contributed by atoms with Crippen molar-refractivity contribution in [2.45, 2.75) is 19.9 Å². The number of aromatic nitrogens is 1.